The van der Waals surface area contributed by atoms with Crippen molar-refractivity contribution in [1.29, 1.82) is 0 Å². The first kappa shape index (κ1) is 11.0. The van der Waals surface area contributed by atoms with Gasteiger partial charge in [0.25, 0.3) is 0 Å². The molecule has 0 N–H and O–H groups in total. The molecule has 0 bridgehead atoms. The van der Waals surface area contributed by atoms with Crippen LogP contribution in [0, 0.1) is 6.42 Å². The molecule has 0 aliphatic heterocycles. The highest BCUT2D eigenvalue weighted by atomic mass is 35.5. The predicted molar refractivity (Wildman–Crippen MR) is 66.4 cm³/mol. The van der Waals surface area contributed by atoms with Crippen LogP contribution in [0.25, 0.3) is 0 Å². The molecule has 15 heavy (non-hydrogen) atoms. The molecule has 2 rings (SSSR count). The minimum Gasteiger partial charge on any atom is -0.0840 e. The van der Waals surface area contributed by atoms with E-state index in [1.54, 1.807) is 0 Å². The second-order valence-electron chi connectivity index (χ2n) is 4.40. The zero-order chi connectivity index (χ0) is 10.7. The van der Waals surface area contributed by atoms with Crippen molar-refractivity contribution in [3.05, 3.63) is 40.8 Å². The van der Waals surface area contributed by atoms with Gasteiger partial charge in [-0.25, -0.2) is 0 Å². The second-order valence-corrected chi connectivity index (χ2v) is 4.81. The first-order chi connectivity index (χ1) is 7.31. The van der Waals surface area contributed by atoms with E-state index in [9.17, 15) is 0 Å². The van der Waals surface area contributed by atoms with Crippen LogP contribution < -0.4 is 0 Å². The normalized spacial score (nSPS) is 18.0. The van der Waals surface area contributed by atoms with E-state index in [0.717, 1.165) is 5.02 Å². The van der Waals surface area contributed by atoms with Gasteiger partial charge < -0.3 is 0 Å². The summed E-state index contributed by atoms with van der Waals surface area (Å²) in [7, 11) is 0. The molecule has 0 unspecified atom stereocenters. The summed E-state index contributed by atoms with van der Waals surface area (Å²) in [5.74, 6) is 0.706. The minimum absolute atomic E-state index is 0.706. The van der Waals surface area contributed by atoms with Crippen LogP contribution in [0.2, 0.25) is 5.02 Å². The molecule has 1 radical (unpaired) electrons. The van der Waals surface area contributed by atoms with E-state index in [4.69, 9.17) is 11.6 Å². The molecule has 1 fully saturated rings. The molecule has 1 heteroatoms. The molecule has 1 aliphatic rings. The maximum absolute atomic E-state index is 6.32. The van der Waals surface area contributed by atoms with Gasteiger partial charge in [0, 0.05) is 5.02 Å². The largest absolute Gasteiger partial charge is 0.0840 e. The Morgan fingerprint density at radius 3 is 2.53 bits per heavy atom. The van der Waals surface area contributed by atoms with Crippen molar-refractivity contribution in [3.8, 4) is 0 Å². The second kappa shape index (κ2) is 5.03. The lowest BCUT2D eigenvalue weighted by Crippen LogP contribution is -2.05. The summed E-state index contributed by atoms with van der Waals surface area (Å²) < 4.78 is 0. The lowest BCUT2D eigenvalue weighted by Gasteiger charge is -2.23. The van der Waals surface area contributed by atoms with Gasteiger partial charge in [-0.2, -0.15) is 0 Å². The highest BCUT2D eigenvalue weighted by Gasteiger charge is 2.17. The van der Waals surface area contributed by atoms with Gasteiger partial charge in [-0.05, 0) is 42.4 Å². The van der Waals surface area contributed by atoms with Gasteiger partial charge in [0.2, 0.25) is 0 Å². The third-order valence-electron chi connectivity index (χ3n) is 3.40. The Balaban J connectivity index is 2.19. The van der Waals surface area contributed by atoms with E-state index in [0.29, 0.717) is 5.92 Å². The average Bonchev–Trinajstić information content (AvgIpc) is 2.30. The molecule has 81 valence electrons. The Kier molecular flexibility index (Phi) is 3.69. The van der Waals surface area contributed by atoms with Crippen LogP contribution in [0.1, 0.15) is 56.1 Å². The fourth-order valence-electron chi connectivity index (χ4n) is 2.47. The lowest BCUT2D eigenvalue weighted by atomic mass is 9.84. The summed E-state index contributed by atoms with van der Waals surface area (Å²) in [5, 5.41) is 0.956. The molecule has 1 aromatic rings. The fraction of sp³-hybridized carbons (Fsp3) is 0.500. The Labute approximate surface area is 97.6 Å². The van der Waals surface area contributed by atoms with Crippen LogP contribution in [0.5, 0.6) is 0 Å². The molecular formula is C14H18Cl. The summed E-state index contributed by atoms with van der Waals surface area (Å²) in [6.45, 7) is 2.05. The first-order valence-corrected chi connectivity index (χ1v) is 6.28. The molecule has 0 atom stereocenters. The highest BCUT2D eigenvalue weighted by molar-refractivity contribution is 6.31. The van der Waals surface area contributed by atoms with E-state index in [2.05, 4.69) is 24.6 Å². The molecule has 1 saturated carbocycles. The van der Waals surface area contributed by atoms with E-state index in [-0.39, 0.29) is 0 Å². The van der Waals surface area contributed by atoms with Crippen molar-refractivity contribution < 1.29 is 0 Å². The van der Waals surface area contributed by atoms with Gasteiger partial charge >= 0.3 is 0 Å². The first-order valence-electron chi connectivity index (χ1n) is 5.90. The predicted octanol–water partition coefficient (Wildman–Crippen LogP) is 4.96. The van der Waals surface area contributed by atoms with Crippen molar-refractivity contribution in [1.82, 2.24) is 0 Å². The van der Waals surface area contributed by atoms with Crippen molar-refractivity contribution in [2.24, 2.45) is 0 Å². The quantitative estimate of drug-likeness (QED) is 0.662. The number of hydrogen-bond acceptors (Lipinski definition) is 0. The summed E-state index contributed by atoms with van der Waals surface area (Å²) in [4.78, 5) is 0. The summed E-state index contributed by atoms with van der Waals surface area (Å²) in [6, 6.07) is 6.48. The van der Waals surface area contributed by atoms with Crippen LogP contribution in [-0.2, 0) is 0 Å². The summed E-state index contributed by atoms with van der Waals surface area (Å²) in [6.07, 6.45) is 8.85. The summed E-state index contributed by atoms with van der Waals surface area (Å²) in [5.41, 5.74) is 2.58. The Hall–Kier alpha value is -0.490. The monoisotopic (exact) mass is 221 g/mol. The van der Waals surface area contributed by atoms with Crippen molar-refractivity contribution >= 4 is 11.6 Å². The van der Waals surface area contributed by atoms with Crippen LogP contribution in [-0.4, -0.2) is 0 Å². The van der Waals surface area contributed by atoms with Crippen LogP contribution in [0.4, 0.5) is 0 Å². The Bertz CT molecular complexity index is 324. The van der Waals surface area contributed by atoms with E-state index in [1.165, 1.54) is 43.2 Å². The Morgan fingerprint density at radius 2 is 1.93 bits per heavy atom. The van der Waals surface area contributed by atoms with Gasteiger partial charge in [-0.15, -0.1) is 0 Å². The van der Waals surface area contributed by atoms with Gasteiger partial charge in [-0.3, -0.25) is 0 Å². The summed E-state index contributed by atoms with van der Waals surface area (Å²) >= 11 is 6.32. The van der Waals surface area contributed by atoms with Gasteiger partial charge in [0.05, 0.1) is 0 Å². The van der Waals surface area contributed by atoms with Crippen LogP contribution in [0.15, 0.2) is 18.2 Å². The molecule has 0 saturated heterocycles. The molecule has 0 heterocycles. The van der Waals surface area contributed by atoms with E-state index in [1.807, 2.05) is 6.92 Å². The topological polar surface area (TPSA) is 0 Å². The zero-order valence-corrected chi connectivity index (χ0v) is 10.1. The van der Waals surface area contributed by atoms with E-state index < -0.39 is 0 Å². The number of rotatable bonds is 2. The maximum atomic E-state index is 6.32. The van der Waals surface area contributed by atoms with Gasteiger partial charge in [0.1, 0.15) is 0 Å². The average molecular weight is 222 g/mol. The Morgan fingerprint density at radius 1 is 1.20 bits per heavy atom. The molecule has 0 spiro atoms. The van der Waals surface area contributed by atoms with Crippen molar-refractivity contribution in [2.45, 2.75) is 44.9 Å². The fourth-order valence-corrected chi connectivity index (χ4v) is 2.81. The number of hydrogen-bond donors (Lipinski definition) is 0. The smallest absolute Gasteiger partial charge is 0.0443 e. The maximum Gasteiger partial charge on any atom is 0.0443 e. The van der Waals surface area contributed by atoms with Crippen molar-refractivity contribution in [2.75, 3.05) is 0 Å². The van der Waals surface area contributed by atoms with Gasteiger partial charge in [-0.1, -0.05) is 49.9 Å². The van der Waals surface area contributed by atoms with E-state index >= 15 is 0 Å². The van der Waals surface area contributed by atoms with Crippen LogP contribution >= 0.6 is 11.6 Å². The highest BCUT2D eigenvalue weighted by Crippen LogP contribution is 2.36. The zero-order valence-electron chi connectivity index (χ0n) is 9.30. The minimum atomic E-state index is 0.706. The molecule has 0 nitrogen and oxygen atoms in total. The third kappa shape index (κ3) is 2.55. The number of benzene rings is 1. The standard InChI is InChI=1S/C14H18Cl/c1-2-11-8-9-13(14(15)10-11)12-6-4-3-5-7-12/h2,8-10,12H,3-7H2,1H3. The lowest BCUT2D eigenvalue weighted by molar-refractivity contribution is 0.443. The van der Waals surface area contributed by atoms with Crippen LogP contribution in [0.3, 0.4) is 0 Å². The molecule has 1 aliphatic carbocycles. The SMILES string of the molecule is C[CH]c1ccc(C2CCCCC2)c(Cl)c1. The molecular weight excluding hydrogens is 204 g/mol. The van der Waals surface area contributed by atoms with Crippen molar-refractivity contribution in [3.63, 3.8) is 0 Å². The molecule has 0 aromatic heterocycles. The van der Waals surface area contributed by atoms with Gasteiger partial charge in [0.15, 0.2) is 0 Å². The molecule has 1 aromatic carbocycles. The molecule has 0 amide bonds. The number of halogens is 1. The third-order valence-corrected chi connectivity index (χ3v) is 3.73.